The Hall–Kier alpha value is 1.18. The first-order valence-corrected chi connectivity index (χ1v) is 9.29. The summed E-state index contributed by atoms with van der Waals surface area (Å²) in [6.45, 7) is -0.00383. The Bertz CT molecular complexity index is 324. The zero-order valence-corrected chi connectivity index (χ0v) is 16.0. The molecule has 21 heavy (non-hydrogen) atoms. The van der Waals surface area contributed by atoms with Gasteiger partial charge in [0.1, 0.15) is 0 Å². The molecular weight excluding hydrogens is 337 g/mol. The predicted molar refractivity (Wildman–Crippen MR) is 70.5 cm³/mol. The van der Waals surface area contributed by atoms with Gasteiger partial charge in [0.25, 0.3) is 6.48 Å². The molecule has 0 rings (SSSR count). The maximum atomic E-state index is 10.6. The van der Waals surface area contributed by atoms with Crippen LogP contribution in [0.3, 0.4) is 0 Å². The minimum atomic E-state index is -4.97. The van der Waals surface area contributed by atoms with Crippen molar-refractivity contribution < 1.29 is 73.5 Å². The van der Waals surface area contributed by atoms with Crippen LogP contribution in [0, 0.1) is 0 Å². The van der Waals surface area contributed by atoms with E-state index in [2.05, 4.69) is 16.0 Å². The molecule has 0 aliphatic rings. The van der Waals surface area contributed by atoms with Gasteiger partial charge in [0.2, 0.25) is 0 Å². The molecule has 0 aliphatic heterocycles. The Labute approximate surface area is 147 Å². The van der Waals surface area contributed by atoms with E-state index in [0.29, 0.717) is 6.42 Å². The molecule has 0 spiro atoms. The second kappa shape index (κ2) is 12.6. The number of hydrogen-bond donors (Lipinski definition) is 4. The summed E-state index contributed by atoms with van der Waals surface area (Å²) in [6.07, 6.45) is 5.71. The van der Waals surface area contributed by atoms with Crippen molar-refractivity contribution in [1.82, 2.24) is 0 Å². The van der Waals surface area contributed by atoms with Crippen LogP contribution in [0.4, 0.5) is 0 Å². The fraction of sp³-hybridized carbons (Fsp3) is 1.00. The fourth-order valence-corrected chi connectivity index (χ4v) is 2.09. The van der Waals surface area contributed by atoms with Crippen molar-refractivity contribution in [2.75, 3.05) is 6.61 Å². The van der Waals surface area contributed by atoms with E-state index in [1.54, 1.807) is 0 Å². The molecule has 124 valence electrons. The molecule has 0 aromatic carbocycles. The van der Waals surface area contributed by atoms with Gasteiger partial charge in [-0.05, 0) is 6.42 Å². The first-order valence-electron chi connectivity index (χ1n) is 6.23. The van der Waals surface area contributed by atoms with Gasteiger partial charge in [0.15, 0.2) is 0 Å². The topological polar surface area (TPSA) is 143 Å². The van der Waals surface area contributed by atoms with Gasteiger partial charge >= 0.3 is 45.2 Å². The van der Waals surface area contributed by atoms with Crippen molar-refractivity contribution in [2.45, 2.75) is 51.9 Å². The summed E-state index contributed by atoms with van der Waals surface area (Å²) in [7, 11) is -9.94. The van der Waals surface area contributed by atoms with Crippen LogP contribution < -0.4 is 29.6 Å². The van der Waals surface area contributed by atoms with Gasteiger partial charge in [-0.15, -0.1) is 0 Å². The van der Waals surface area contributed by atoms with Crippen LogP contribution in [0.5, 0.6) is 0 Å². The van der Waals surface area contributed by atoms with Crippen molar-refractivity contribution >= 4 is 15.6 Å². The summed E-state index contributed by atoms with van der Waals surface area (Å²) in [5.41, 5.74) is 0. The number of ether oxygens (including phenoxy) is 1. The quantitative estimate of drug-likeness (QED) is 0.149. The Balaban J connectivity index is -0.00000180. The molecule has 12 heteroatoms. The number of phosphoric acid groups is 2. The summed E-state index contributed by atoms with van der Waals surface area (Å²) in [5, 5.41) is 0. The van der Waals surface area contributed by atoms with Crippen LogP contribution in [-0.4, -0.2) is 32.7 Å². The third-order valence-corrected chi connectivity index (χ3v) is 3.09. The maximum absolute atomic E-state index is 10.6. The van der Waals surface area contributed by atoms with Crippen LogP contribution >= 0.6 is 15.6 Å². The van der Waals surface area contributed by atoms with E-state index in [-0.39, 0.29) is 37.6 Å². The van der Waals surface area contributed by atoms with Gasteiger partial charge in [0, 0.05) is 0 Å². The molecule has 0 saturated heterocycles. The smallest absolute Gasteiger partial charge is 1.00 e. The van der Waals surface area contributed by atoms with E-state index in [1.807, 2.05) is 0 Å². The fourth-order valence-electron chi connectivity index (χ4n) is 1.37. The third kappa shape index (κ3) is 19.1. The Morgan fingerprint density at radius 2 is 1.33 bits per heavy atom. The standard InChI is InChI=1S/C9H22O9P2.Na.H/c1-2-3-4-5-6-7-8-16-9(17-19(10,11)12)18-20(13,14)15;;/h9H,2-8H2,1H3,(H2,10,11,12)(H2,13,14,15);;/q;+1;-1. The average molecular weight is 360 g/mol. The second-order valence-corrected chi connectivity index (χ2v) is 6.50. The van der Waals surface area contributed by atoms with Crippen molar-refractivity contribution in [3.63, 3.8) is 0 Å². The van der Waals surface area contributed by atoms with Gasteiger partial charge < -0.3 is 25.7 Å². The largest absolute Gasteiger partial charge is 1.00 e. The second-order valence-electron chi connectivity index (χ2n) is 4.12. The zero-order chi connectivity index (χ0) is 15.6. The Morgan fingerprint density at radius 3 is 1.76 bits per heavy atom. The number of phosphoric ester groups is 2. The molecule has 0 aromatic heterocycles. The number of unbranched alkanes of at least 4 members (excludes halogenated alkanes) is 5. The first-order chi connectivity index (χ1) is 9.14. The van der Waals surface area contributed by atoms with Crippen LogP contribution in [0.15, 0.2) is 0 Å². The minimum Gasteiger partial charge on any atom is -1.00 e. The molecule has 9 nitrogen and oxygen atoms in total. The van der Waals surface area contributed by atoms with Crippen LogP contribution in [0.25, 0.3) is 0 Å². The molecule has 0 saturated carbocycles. The third-order valence-electron chi connectivity index (χ3n) is 2.20. The van der Waals surface area contributed by atoms with Crippen LogP contribution in [0.2, 0.25) is 0 Å². The molecule has 0 unspecified atom stereocenters. The van der Waals surface area contributed by atoms with Gasteiger partial charge in [-0.2, -0.15) is 0 Å². The van der Waals surface area contributed by atoms with Crippen LogP contribution in [-0.2, 0) is 22.9 Å². The normalized spacial score (nSPS) is 12.5. The molecule has 0 atom stereocenters. The van der Waals surface area contributed by atoms with E-state index in [9.17, 15) is 9.13 Å². The van der Waals surface area contributed by atoms with E-state index in [4.69, 9.17) is 24.3 Å². The van der Waals surface area contributed by atoms with Gasteiger partial charge in [-0.25, -0.2) is 18.2 Å². The van der Waals surface area contributed by atoms with Crippen molar-refractivity contribution in [3.8, 4) is 0 Å². The molecule has 0 bridgehead atoms. The van der Waals surface area contributed by atoms with E-state index < -0.39 is 22.1 Å². The molecular formula is C9H23NaO9P2. The number of rotatable bonds is 12. The molecule has 0 amide bonds. The van der Waals surface area contributed by atoms with Gasteiger partial charge in [0.05, 0.1) is 6.61 Å². The average Bonchev–Trinajstić information content (AvgIpc) is 2.23. The van der Waals surface area contributed by atoms with E-state index >= 15 is 0 Å². The van der Waals surface area contributed by atoms with E-state index in [1.165, 1.54) is 0 Å². The molecule has 0 aromatic rings. The summed E-state index contributed by atoms with van der Waals surface area (Å²) in [4.78, 5) is 34.2. The monoisotopic (exact) mass is 360 g/mol. The summed E-state index contributed by atoms with van der Waals surface area (Å²) in [6, 6.07) is 0. The molecule has 0 radical (unpaired) electrons. The maximum Gasteiger partial charge on any atom is 1.00 e. The van der Waals surface area contributed by atoms with Gasteiger partial charge in [-0.3, -0.25) is 0 Å². The van der Waals surface area contributed by atoms with Crippen LogP contribution in [0.1, 0.15) is 46.9 Å². The minimum absolute atomic E-state index is 0. The van der Waals surface area contributed by atoms with E-state index in [0.717, 1.165) is 32.1 Å². The van der Waals surface area contributed by atoms with Gasteiger partial charge in [-0.1, -0.05) is 39.0 Å². The summed E-state index contributed by atoms with van der Waals surface area (Å²) >= 11 is 0. The van der Waals surface area contributed by atoms with Crippen molar-refractivity contribution in [2.24, 2.45) is 0 Å². The first kappa shape index (κ1) is 24.4. The number of hydrogen-bond acceptors (Lipinski definition) is 5. The summed E-state index contributed by atoms with van der Waals surface area (Å²) < 4.78 is 33.9. The molecule has 0 heterocycles. The Kier molecular flexibility index (Phi) is 14.6. The Morgan fingerprint density at radius 1 is 0.905 bits per heavy atom. The molecule has 0 aliphatic carbocycles. The predicted octanol–water partition coefficient (Wildman–Crippen LogP) is -1.02. The summed E-state index contributed by atoms with van der Waals surface area (Å²) in [5.74, 6) is 0. The SMILES string of the molecule is CCCCCCCCOC(OP(=O)(O)O)OP(=O)(O)O.[H-].[Na+]. The zero-order valence-electron chi connectivity index (χ0n) is 13.3. The van der Waals surface area contributed by atoms with Crippen molar-refractivity contribution in [3.05, 3.63) is 0 Å². The van der Waals surface area contributed by atoms with Crippen molar-refractivity contribution in [1.29, 1.82) is 0 Å². The molecule has 4 N–H and O–H groups in total. The molecule has 0 fully saturated rings.